The fourth-order valence-corrected chi connectivity index (χ4v) is 7.15. The van der Waals surface area contributed by atoms with Gasteiger partial charge in [0.2, 0.25) is 0 Å². The highest BCUT2D eigenvalue weighted by Gasteiger charge is 2.33. The van der Waals surface area contributed by atoms with Crippen molar-refractivity contribution in [1.29, 1.82) is 0 Å². The second-order valence-electron chi connectivity index (χ2n) is 8.71. The number of rotatable bonds is 7. The van der Waals surface area contributed by atoms with Crippen LogP contribution >= 0.6 is 11.8 Å². The molecule has 1 saturated heterocycles. The largest absolute Gasteiger partial charge is 0.344 e. The Bertz CT molecular complexity index is 1270. The topological polar surface area (TPSA) is 86.8 Å². The van der Waals surface area contributed by atoms with Gasteiger partial charge in [0.25, 0.3) is 0 Å². The van der Waals surface area contributed by atoms with Gasteiger partial charge in [0.05, 0.1) is 17.3 Å². The van der Waals surface area contributed by atoms with Crippen LogP contribution in [0.5, 0.6) is 0 Å². The standard InChI is InChI=1S/C23H26N4O3S2/c1-15-12-20(16(2)26(15)19-10-11-32(29,30)14-19)21(28)13-31-23-25-24-22(17-8-9-17)27(23)18-6-4-3-5-7-18/h3-7,12,17,19H,8-11,13-14H2,1-2H3/t19-/m0/s1. The number of hydrogen-bond donors (Lipinski definition) is 0. The maximum absolute atomic E-state index is 13.1. The quantitative estimate of drug-likeness (QED) is 0.385. The molecule has 32 heavy (non-hydrogen) atoms. The van der Waals surface area contributed by atoms with Crippen LogP contribution in [-0.4, -0.2) is 50.8 Å². The normalized spacial score (nSPS) is 20.0. The zero-order valence-electron chi connectivity index (χ0n) is 18.2. The Balaban J connectivity index is 1.37. The fraction of sp³-hybridized carbons (Fsp3) is 0.435. The number of hydrogen-bond acceptors (Lipinski definition) is 6. The van der Waals surface area contributed by atoms with Crippen LogP contribution < -0.4 is 0 Å². The van der Waals surface area contributed by atoms with Crippen LogP contribution in [-0.2, 0) is 9.84 Å². The first-order chi connectivity index (χ1) is 15.3. The number of para-hydroxylation sites is 1. The van der Waals surface area contributed by atoms with Crippen LogP contribution in [0.3, 0.4) is 0 Å². The van der Waals surface area contributed by atoms with Gasteiger partial charge in [-0.3, -0.25) is 9.36 Å². The summed E-state index contributed by atoms with van der Waals surface area (Å²) in [5.74, 6) is 2.04. The molecule has 0 amide bonds. The average molecular weight is 471 g/mol. The molecule has 1 saturated carbocycles. The van der Waals surface area contributed by atoms with E-state index in [2.05, 4.69) is 14.8 Å². The zero-order valence-corrected chi connectivity index (χ0v) is 19.8. The molecule has 1 aliphatic heterocycles. The Hall–Kier alpha value is -2.39. The second-order valence-corrected chi connectivity index (χ2v) is 11.9. The van der Waals surface area contributed by atoms with Crippen molar-refractivity contribution >= 4 is 27.4 Å². The fourth-order valence-electron chi connectivity index (χ4n) is 4.61. The summed E-state index contributed by atoms with van der Waals surface area (Å²) in [5, 5.41) is 9.55. The summed E-state index contributed by atoms with van der Waals surface area (Å²) in [5.41, 5.74) is 3.45. The first-order valence-electron chi connectivity index (χ1n) is 10.9. The average Bonchev–Trinajstić information content (AvgIpc) is 3.32. The smallest absolute Gasteiger partial charge is 0.196 e. The number of carbonyl (C=O) groups is 1. The molecule has 0 unspecified atom stereocenters. The van der Waals surface area contributed by atoms with Crippen molar-refractivity contribution in [2.24, 2.45) is 0 Å². The van der Waals surface area contributed by atoms with E-state index in [1.165, 1.54) is 11.8 Å². The van der Waals surface area contributed by atoms with E-state index in [0.717, 1.165) is 40.9 Å². The van der Waals surface area contributed by atoms with Gasteiger partial charge >= 0.3 is 0 Å². The van der Waals surface area contributed by atoms with Crippen molar-refractivity contribution in [3.8, 4) is 5.69 Å². The number of thioether (sulfide) groups is 1. The molecule has 3 aromatic rings. The van der Waals surface area contributed by atoms with Crippen LogP contribution in [0.15, 0.2) is 41.6 Å². The molecule has 1 atom stereocenters. The summed E-state index contributed by atoms with van der Waals surface area (Å²) in [6, 6.07) is 11.8. The minimum atomic E-state index is -2.99. The highest BCUT2D eigenvalue weighted by atomic mass is 32.2. The molecular formula is C23H26N4O3S2. The van der Waals surface area contributed by atoms with Crippen LogP contribution in [0.25, 0.3) is 5.69 Å². The predicted octanol–water partition coefficient (Wildman–Crippen LogP) is 3.90. The summed E-state index contributed by atoms with van der Waals surface area (Å²) < 4.78 is 28.0. The minimum Gasteiger partial charge on any atom is -0.344 e. The molecular weight excluding hydrogens is 444 g/mol. The molecule has 0 spiro atoms. The third-order valence-electron chi connectivity index (χ3n) is 6.31. The van der Waals surface area contributed by atoms with E-state index >= 15 is 0 Å². The molecule has 1 aliphatic carbocycles. The molecule has 7 nitrogen and oxygen atoms in total. The van der Waals surface area contributed by atoms with Crippen molar-refractivity contribution in [2.75, 3.05) is 17.3 Å². The van der Waals surface area contributed by atoms with E-state index in [-0.39, 0.29) is 29.1 Å². The van der Waals surface area contributed by atoms with Crippen LogP contribution in [0, 0.1) is 13.8 Å². The van der Waals surface area contributed by atoms with Gasteiger partial charge in [-0.25, -0.2) is 8.42 Å². The second kappa shape index (κ2) is 8.19. The maximum atomic E-state index is 13.1. The molecule has 2 aromatic heterocycles. The zero-order chi connectivity index (χ0) is 22.5. The highest BCUT2D eigenvalue weighted by Crippen LogP contribution is 2.41. The Morgan fingerprint density at radius 3 is 2.53 bits per heavy atom. The van der Waals surface area contributed by atoms with Gasteiger partial charge in [0, 0.05) is 34.6 Å². The Morgan fingerprint density at radius 1 is 1.12 bits per heavy atom. The van der Waals surface area contributed by atoms with Crippen molar-refractivity contribution in [2.45, 2.75) is 50.2 Å². The van der Waals surface area contributed by atoms with Gasteiger partial charge in [-0.05, 0) is 51.3 Å². The lowest BCUT2D eigenvalue weighted by molar-refractivity contribution is 0.102. The van der Waals surface area contributed by atoms with Crippen molar-refractivity contribution in [3.63, 3.8) is 0 Å². The number of aryl methyl sites for hydroxylation is 1. The summed E-state index contributed by atoms with van der Waals surface area (Å²) >= 11 is 1.40. The van der Waals surface area contributed by atoms with Gasteiger partial charge in [0.1, 0.15) is 5.82 Å². The first-order valence-corrected chi connectivity index (χ1v) is 13.7. The summed E-state index contributed by atoms with van der Waals surface area (Å²) in [4.78, 5) is 13.1. The predicted molar refractivity (Wildman–Crippen MR) is 125 cm³/mol. The van der Waals surface area contributed by atoms with Crippen molar-refractivity contribution < 1.29 is 13.2 Å². The summed E-state index contributed by atoms with van der Waals surface area (Å²) in [6.07, 6.45) is 2.85. The van der Waals surface area contributed by atoms with Gasteiger partial charge in [-0.15, -0.1) is 10.2 Å². The van der Waals surface area contributed by atoms with E-state index < -0.39 is 9.84 Å². The summed E-state index contributed by atoms with van der Waals surface area (Å²) in [7, 11) is -2.99. The molecule has 0 bridgehead atoms. The number of aromatic nitrogens is 4. The number of nitrogens with zero attached hydrogens (tertiary/aromatic N) is 4. The molecule has 0 N–H and O–H groups in total. The third kappa shape index (κ3) is 4.03. The number of Topliss-reactive ketones (excluding diaryl/α,β-unsaturated/α-hetero) is 1. The molecule has 5 rings (SSSR count). The molecule has 0 radical (unpaired) electrons. The van der Waals surface area contributed by atoms with Gasteiger partial charge < -0.3 is 4.57 Å². The highest BCUT2D eigenvalue weighted by molar-refractivity contribution is 7.99. The number of carbonyl (C=O) groups excluding carboxylic acids is 1. The minimum absolute atomic E-state index is 0.0192. The lowest BCUT2D eigenvalue weighted by Gasteiger charge is -2.16. The molecule has 3 heterocycles. The lowest BCUT2D eigenvalue weighted by Crippen LogP contribution is -2.14. The van der Waals surface area contributed by atoms with Crippen molar-refractivity contribution in [1.82, 2.24) is 19.3 Å². The monoisotopic (exact) mass is 470 g/mol. The van der Waals surface area contributed by atoms with E-state index in [9.17, 15) is 13.2 Å². The first kappa shape index (κ1) is 21.5. The maximum Gasteiger partial charge on any atom is 0.196 e. The third-order valence-corrected chi connectivity index (χ3v) is 8.99. The Kier molecular flexibility index (Phi) is 5.49. The Labute approximate surface area is 192 Å². The van der Waals surface area contributed by atoms with E-state index in [0.29, 0.717) is 17.9 Å². The van der Waals surface area contributed by atoms with E-state index in [4.69, 9.17) is 0 Å². The van der Waals surface area contributed by atoms with Gasteiger partial charge in [0.15, 0.2) is 20.8 Å². The molecule has 168 valence electrons. The molecule has 2 fully saturated rings. The van der Waals surface area contributed by atoms with E-state index in [1.54, 1.807) is 0 Å². The van der Waals surface area contributed by atoms with E-state index in [1.807, 2.05) is 54.8 Å². The van der Waals surface area contributed by atoms with Gasteiger partial charge in [-0.2, -0.15) is 0 Å². The molecule has 9 heteroatoms. The number of sulfone groups is 1. The number of ketones is 1. The molecule has 2 aliphatic rings. The van der Waals surface area contributed by atoms with Crippen molar-refractivity contribution in [3.05, 3.63) is 59.2 Å². The van der Waals surface area contributed by atoms with Crippen LogP contribution in [0.4, 0.5) is 0 Å². The van der Waals surface area contributed by atoms with Gasteiger partial charge in [-0.1, -0.05) is 30.0 Å². The lowest BCUT2D eigenvalue weighted by atomic mass is 10.2. The SMILES string of the molecule is Cc1cc(C(=O)CSc2nnc(C3CC3)n2-c2ccccc2)c(C)n1[C@H]1CCS(=O)(=O)C1. The summed E-state index contributed by atoms with van der Waals surface area (Å²) in [6.45, 7) is 3.85. The van der Waals surface area contributed by atoms with Crippen LogP contribution in [0.2, 0.25) is 0 Å². The number of benzene rings is 1. The molecule has 1 aromatic carbocycles. The Morgan fingerprint density at radius 2 is 1.88 bits per heavy atom. The van der Waals surface area contributed by atoms with Crippen LogP contribution in [0.1, 0.15) is 58.8 Å².